The van der Waals surface area contributed by atoms with Crippen LogP contribution in [0.4, 0.5) is 0 Å². The minimum absolute atomic E-state index is 0.130. The van der Waals surface area contributed by atoms with Crippen molar-refractivity contribution in [3.05, 3.63) is 77.1 Å². The standard InChI is InChI=1S/C25H27N3O6/c1-31-19-7-16(8-20(12-19)32-2)14-27-24(29)18-5-6-26-23(11-18)25(30)28-15-17-9-21(33-3)13-22(10-17)34-4/h5-13H,14-15H2,1-4H3,(H,27,29)(H,28,30). The maximum absolute atomic E-state index is 12.7. The normalized spacial score (nSPS) is 10.2. The molecular weight excluding hydrogens is 438 g/mol. The summed E-state index contributed by atoms with van der Waals surface area (Å²) in [5.74, 6) is 1.74. The molecule has 178 valence electrons. The Hall–Kier alpha value is -4.27. The summed E-state index contributed by atoms with van der Waals surface area (Å²) in [5, 5.41) is 5.63. The molecule has 0 unspecified atom stereocenters. The first-order valence-electron chi connectivity index (χ1n) is 10.4. The molecule has 1 aromatic heterocycles. The summed E-state index contributed by atoms with van der Waals surface area (Å²) in [7, 11) is 6.24. The smallest absolute Gasteiger partial charge is 0.270 e. The SMILES string of the molecule is COc1cc(CNC(=O)c2ccnc(C(=O)NCc3cc(OC)cc(OC)c3)c2)cc(OC)c1. The van der Waals surface area contributed by atoms with Gasteiger partial charge >= 0.3 is 0 Å². The second-order valence-electron chi connectivity index (χ2n) is 7.24. The van der Waals surface area contributed by atoms with Crippen LogP contribution in [0.3, 0.4) is 0 Å². The van der Waals surface area contributed by atoms with Gasteiger partial charge in [-0.1, -0.05) is 0 Å². The molecule has 0 radical (unpaired) electrons. The summed E-state index contributed by atoms with van der Waals surface area (Å²) in [6, 6.07) is 13.7. The first kappa shape index (κ1) is 24.4. The maximum Gasteiger partial charge on any atom is 0.270 e. The quantitative estimate of drug-likeness (QED) is 0.474. The lowest BCUT2D eigenvalue weighted by molar-refractivity contribution is 0.0946. The average molecular weight is 466 g/mol. The summed E-state index contributed by atoms with van der Waals surface area (Å²) >= 11 is 0. The van der Waals surface area contributed by atoms with Crippen molar-refractivity contribution in [3.8, 4) is 23.0 Å². The van der Waals surface area contributed by atoms with E-state index in [2.05, 4.69) is 15.6 Å². The maximum atomic E-state index is 12.7. The number of hydrogen-bond donors (Lipinski definition) is 2. The number of ether oxygens (including phenoxy) is 4. The number of rotatable bonds is 10. The van der Waals surface area contributed by atoms with Gasteiger partial charge in [-0.3, -0.25) is 14.6 Å². The van der Waals surface area contributed by atoms with Gasteiger partial charge < -0.3 is 29.6 Å². The van der Waals surface area contributed by atoms with Gasteiger partial charge in [-0.2, -0.15) is 0 Å². The van der Waals surface area contributed by atoms with Crippen molar-refractivity contribution >= 4 is 11.8 Å². The van der Waals surface area contributed by atoms with E-state index < -0.39 is 5.91 Å². The molecule has 2 N–H and O–H groups in total. The van der Waals surface area contributed by atoms with Crippen LogP contribution in [0.1, 0.15) is 32.0 Å². The van der Waals surface area contributed by atoms with Crippen LogP contribution < -0.4 is 29.6 Å². The van der Waals surface area contributed by atoms with E-state index in [1.807, 2.05) is 12.1 Å². The van der Waals surface area contributed by atoms with Crippen LogP contribution >= 0.6 is 0 Å². The zero-order valence-electron chi connectivity index (χ0n) is 19.5. The fourth-order valence-corrected chi connectivity index (χ4v) is 3.19. The predicted molar refractivity (Wildman–Crippen MR) is 126 cm³/mol. The van der Waals surface area contributed by atoms with Gasteiger partial charge in [0.25, 0.3) is 11.8 Å². The van der Waals surface area contributed by atoms with Crippen molar-refractivity contribution in [2.75, 3.05) is 28.4 Å². The number of carbonyl (C=O) groups excluding carboxylic acids is 2. The second kappa shape index (κ2) is 11.6. The molecule has 0 aliphatic carbocycles. The van der Waals surface area contributed by atoms with Crippen molar-refractivity contribution in [1.82, 2.24) is 15.6 Å². The number of aromatic nitrogens is 1. The van der Waals surface area contributed by atoms with Gasteiger partial charge in [0.15, 0.2) is 0 Å². The third-order valence-electron chi connectivity index (χ3n) is 4.98. The molecule has 9 nitrogen and oxygen atoms in total. The molecule has 3 rings (SSSR count). The topological polar surface area (TPSA) is 108 Å². The Morgan fingerprint density at radius 3 is 1.56 bits per heavy atom. The number of amides is 2. The van der Waals surface area contributed by atoms with E-state index in [9.17, 15) is 9.59 Å². The van der Waals surface area contributed by atoms with Crippen molar-refractivity contribution in [2.45, 2.75) is 13.1 Å². The molecule has 0 spiro atoms. The highest BCUT2D eigenvalue weighted by atomic mass is 16.5. The zero-order chi connectivity index (χ0) is 24.5. The van der Waals surface area contributed by atoms with E-state index in [-0.39, 0.29) is 24.7 Å². The monoisotopic (exact) mass is 465 g/mol. The van der Waals surface area contributed by atoms with Gasteiger partial charge in [-0.25, -0.2) is 0 Å². The average Bonchev–Trinajstić information content (AvgIpc) is 2.89. The minimum atomic E-state index is -0.408. The predicted octanol–water partition coefficient (Wildman–Crippen LogP) is 2.98. The number of benzene rings is 2. The van der Waals surface area contributed by atoms with E-state index in [4.69, 9.17) is 18.9 Å². The largest absolute Gasteiger partial charge is 0.497 e. The lowest BCUT2D eigenvalue weighted by Gasteiger charge is -2.11. The first-order chi connectivity index (χ1) is 16.4. The third kappa shape index (κ3) is 6.38. The Morgan fingerprint density at radius 2 is 1.12 bits per heavy atom. The molecule has 0 aliphatic rings. The summed E-state index contributed by atoms with van der Waals surface area (Å²) < 4.78 is 21.0. The molecule has 0 saturated heterocycles. The molecule has 0 aliphatic heterocycles. The molecule has 3 aromatic rings. The number of carbonyl (C=O) groups is 2. The van der Waals surface area contributed by atoms with E-state index >= 15 is 0 Å². The zero-order valence-corrected chi connectivity index (χ0v) is 19.5. The van der Waals surface area contributed by atoms with Crippen molar-refractivity contribution in [2.24, 2.45) is 0 Å². The molecule has 0 saturated carbocycles. The van der Waals surface area contributed by atoms with E-state index in [1.54, 1.807) is 58.8 Å². The second-order valence-corrected chi connectivity index (χ2v) is 7.24. The molecular formula is C25H27N3O6. The van der Waals surface area contributed by atoms with Crippen molar-refractivity contribution in [3.63, 3.8) is 0 Å². The number of hydrogen-bond acceptors (Lipinski definition) is 7. The Balaban J connectivity index is 1.64. The van der Waals surface area contributed by atoms with E-state index in [1.165, 1.54) is 12.3 Å². The van der Waals surface area contributed by atoms with Gasteiger partial charge in [0, 0.05) is 37.0 Å². The molecule has 0 atom stereocenters. The highest BCUT2D eigenvalue weighted by molar-refractivity contribution is 5.98. The van der Waals surface area contributed by atoms with Gasteiger partial charge in [-0.05, 0) is 47.5 Å². The molecule has 9 heteroatoms. The summed E-state index contributed by atoms with van der Waals surface area (Å²) in [6.45, 7) is 0.496. The summed E-state index contributed by atoms with van der Waals surface area (Å²) in [4.78, 5) is 29.4. The molecule has 0 bridgehead atoms. The molecule has 2 amide bonds. The Morgan fingerprint density at radius 1 is 0.676 bits per heavy atom. The fourth-order valence-electron chi connectivity index (χ4n) is 3.19. The lowest BCUT2D eigenvalue weighted by atomic mass is 10.1. The van der Waals surface area contributed by atoms with Crippen LogP contribution in [-0.2, 0) is 13.1 Å². The van der Waals surface area contributed by atoms with Gasteiger partial charge in [-0.15, -0.1) is 0 Å². The third-order valence-corrected chi connectivity index (χ3v) is 4.98. The number of pyridine rings is 1. The number of nitrogens with zero attached hydrogens (tertiary/aromatic N) is 1. The van der Waals surface area contributed by atoms with Crippen LogP contribution in [0.15, 0.2) is 54.7 Å². The van der Waals surface area contributed by atoms with Crippen LogP contribution in [-0.4, -0.2) is 45.2 Å². The summed E-state index contributed by atoms with van der Waals surface area (Å²) in [6.07, 6.45) is 1.42. The lowest BCUT2D eigenvalue weighted by Crippen LogP contribution is -2.26. The van der Waals surface area contributed by atoms with E-state index in [0.29, 0.717) is 28.6 Å². The van der Waals surface area contributed by atoms with Gasteiger partial charge in [0.05, 0.1) is 28.4 Å². The molecule has 1 heterocycles. The molecule has 0 fully saturated rings. The van der Waals surface area contributed by atoms with Crippen LogP contribution in [0.25, 0.3) is 0 Å². The van der Waals surface area contributed by atoms with Gasteiger partial charge in [0.2, 0.25) is 0 Å². The number of nitrogens with one attached hydrogen (secondary N) is 2. The van der Waals surface area contributed by atoms with Gasteiger partial charge in [0.1, 0.15) is 28.7 Å². The van der Waals surface area contributed by atoms with Crippen LogP contribution in [0, 0.1) is 0 Å². The fraction of sp³-hybridized carbons (Fsp3) is 0.240. The Bertz CT molecular complexity index is 1030. The Kier molecular flexibility index (Phi) is 8.28. The van der Waals surface area contributed by atoms with Crippen LogP contribution in [0.2, 0.25) is 0 Å². The first-order valence-corrected chi connectivity index (χ1v) is 10.4. The van der Waals surface area contributed by atoms with Crippen molar-refractivity contribution in [1.29, 1.82) is 0 Å². The van der Waals surface area contributed by atoms with Crippen molar-refractivity contribution < 1.29 is 28.5 Å². The minimum Gasteiger partial charge on any atom is -0.497 e. The number of methoxy groups -OCH3 is 4. The van der Waals surface area contributed by atoms with E-state index in [0.717, 1.165) is 11.1 Å². The highest BCUT2D eigenvalue weighted by Gasteiger charge is 2.13. The molecule has 34 heavy (non-hydrogen) atoms. The Labute approximate surface area is 198 Å². The molecule has 2 aromatic carbocycles. The highest BCUT2D eigenvalue weighted by Crippen LogP contribution is 2.23. The van der Waals surface area contributed by atoms with Crippen LogP contribution in [0.5, 0.6) is 23.0 Å². The summed E-state index contributed by atoms with van der Waals surface area (Å²) in [5.41, 5.74) is 2.06.